The Bertz CT molecular complexity index is 445. The van der Waals surface area contributed by atoms with Crippen LogP contribution >= 0.6 is 0 Å². The SMILES string of the molecule is COc1ccc(OC)c(C(O)CNCC2(C)COC2)c1. The van der Waals surface area contributed by atoms with E-state index in [2.05, 4.69) is 12.2 Å². The van der Waals surface area contributed by atoms with Gasteiger partial charge in [0.25, 0.3) is 0 Å². The lowest BCUT2D eigenvalue weighted by molar-refractivity contribution is -0.0996. The topological polar surface area (TPSA) is 60.0 Å². The van der Waals surface area contributed by atoms with Gasteiger partial charge in [0.1, 0.15) is 11.5 Å². The number of methoxy groups -OCH3 is 2. The fourth-order valence-corrected chi connectivity index (χ4v) is 2.27. The van der Waals surface area contributed by atoms with Crippen LogP contribution in [0, 0.1) is 5.41 Å². The molecule has 2 N–H and O–H groups in total. The lowest BCUT2D eigenvalue weighted by Crippen LogP contribution is -2.47. The minimum atomic E-state index is -0.635. The van der Waals surface area contributed by atoms with Crippen molar-refractivity contribution in [1.82, 2.24) is 5.32 Å². The van der Waals surface area contributed by atoms with Crippen LogP contribution < -0.4 is 14.8 Å². The average molecular weight is 281 g/mol. The standard InChI is InChI=1S/C15H23NO4/c1-15(9-20-10-15)8-16-7-13(17)12-6-11(18-2)4-5-14(12)19-3/h4-6,13,16-17H,7-10H2,1-3H3. The molecule has 5 nitrogen and oxygen atoms in total. The van der Waals surface area contributed by atoms with E-state index in [-0.39, 0.29) is 5.41 Å². The molecule has 1 heterocycles. The predicted molar refractivity (Wildman–Crippen MR) is 76.3 cm³/mol. The molecule has 2 rings (SSSR count). The Balaban J connectivity index is 1.95. The third kappa shape index (κ3) is 3.42. The van der Waals surface area contributed by atoms with Crippen molar-refractivity contribution in [1.29, 1.82) is 0 Å². The van der Waals surface area contributed by atoms with Gasteiger partial charge < -0.3 is 24.6 Å². The maximum absolute atomic E-state index is 10.3. The van der Waals surface area contributed by atoms with Crippen molar-refractivity contribution in [3.63, 3.8) is 0 Å². The van der Waals surface area contributed by atoms with Crippen LogP contribution in [0.3, 0.4) is 0 Å². The van der Waals surface area contributed by atoms with Gasteiger partial charge in [-0.05, 0) is 18.2 Å². The summed E-state index contributed by atoms with van der Waals surface area (Å²) in [7, 11) is 3.20. The normalized spacial score (nSPS) is 18.2. The predicted octanol–water partition coefficient (Wildman–Crippen LogP) is 1.36. The van der Waals surface area contributed by atoms with Gasteiger partial charge in [-0.15, -0.1) is 0 Å². The van der Waals surface area contributed by atoms with E-state index >= 15 is 0 Å². The molecular formula is C15H23NO4. The van der Waals surface area contributed by atoms with Crippen LogP contribution in [0.1, 0.15) is 18.6 Å². The number of aliphatic hydroxyl groups excluding tert-OH is 1. The number of rotatable bonds is 7. The maximum Gasteiger partial charge on any atom is 0.124 e. The highest BCUT2D eigenvalue weighted by Gasteiger charge is 2.32. The van der Waals surface area contributed by atoms with Crippen LogP contribution in [0.25, 0.3) is 0 Å². The quantitative estimate of drug-likeness (QED) is 0.790. The van der Waals surface area contributed by atoms with Gasteiger partial charge in [0.2, 0.25) is 0 Å². The van der Waals surface area contributed by atoms with E-state index in [9.17, 15) is 5.11 Å². The Morgan fingerprint density at radius 2 is 2.10 bits per heavy atom. The molecule has 0 spiro atoms. The summed E-state index contributed by atoms with van der Waals surface area (Å²) in [5, 5.41) is 13.6. The second-order valence-electron chi connectivity index (χ2n) is 5.56. The van der Waals surface area contributed by atoms with E-state index in [0.717, 1.165) is 25.3 Å². The molecule has 1 atom stereocenters. The highest BCUT2D eigenvalue weighted by atomic mass is 16.5. The molecule has 1 aliphatic heterocycles. The van der Waals surface area contributed by atoms with Crippen LogP contribution in [0.5, 0.6) is 11.5 Å². The highest BCUT2D eigenvalue weighted by Crippen LogP contribution is 2.29. The van der Waals surface area contributed by atoms with Gasteiger partial charge in [-0.1, -0.05) is 6.92 Å². The Hall–Kier alpha value is -1.30. The summed E-state index contributed by atoms with van der Waals surface area (Å²) in [6.45, 7) is 5.02. The van der Waals surface area contributed by atoms with Crippen LogP contribution in [0.15, 0.2) is 18.2 Å². The molecule has 0 radical (unpaired) electrons. The van der Waals surface area contributed by atoms with Gasteiger partial charge in [-0.25, -0.2) is 0 Å². The van der Waals surface area contributed by atoms with Crippen molar-refractivity contribution in [3.05, 3.63) is 23.8 Å². The summed E-state index contributed by atoms with van der Waals surface area (Å²) in [6.07, 6.45) is -0.635. The van der Waals surface area contributed by atoms with Crippen molar-refractivity contribution in [2.24, 2.45) is 5.41 Å². The zero-order chi connectivity index (χ0) is 14.6. The molecule has 0 aromatic heterocycles. The number of nitrogens with one attached hydrogen (secondary N) is 1. The molecule has 5 heteroatoms. The van der Waals surface area contributed by atoms with E-state index in [4.69, 9.17) is 14.2 Å². The second kappa shape index (κ2) is 6.43. The summed E-state index contributed by atoms with van der Waals surface area (Å²) in [4.78, 5) is 0. The Morgan fingerprint density at radius 3 is 2.65 bits per heavy atom. The molecule has 112 valence electrons. The van der Waals surface area contributed by atoms with Gasteiger partial charge >= 0.3 is 0 Å². The number of ether oxygens (including phenoxy) is 3. The molecule has 1 aromatic rings. The van der Waals surface area contributed by atoms with Crippen molar-refractivity contribution < 1.29 is 19.3 Å². The molecule has 0 bridgehead atoms. The molecule has 0 amide bonds. The Labute approximate surface area is 119 Å². The molecule has 1 fully saturated rings. The maximum atomic E-state index is 10.3. The van der Waals surface area contributed by atoms with Crippen LogP contribution in [-0.4, -0.2) is 45.6 Å². The van der Waals surface area contributed by atoms with Gasteiger partial charge in [0.15, 0.2) is 0 Å². The van der Waals surface area contributed by atoms with E-state index in [1.165, 1.54) is 0 Å². The first-order valence-corrected chi connectivity index (χ1v) is 6.76. The van der Waals surface area contributed by atoms with Gasteiger partial charge in [0.05, 0.1) is 33.5 Å². The van der Waals surface area contributed by atoms with E-state index in [1.54, 1.807) is 26.4 Å². The summed E-state index contributed by atoms with van der Waals surface area (Å²) in [5.74, 6) is 1.37. The lowest BCUT2D eigenvalue weighted by Gasteiger charge is -2.38. The minimum absolute atomic E-state index is 0.193. The van der Waals surface area contributed by atoms with Crippen LogP contribution in [0.2, 0.25) is 0 Å². The fourth-order valence-electron chi connectivity index (χ4n) is 2.27. The third-order valence-corrected chi connectivity index (χ3v) is 3.59. The van der Waals surface area contributed by atoms with Gasteiger partial charge in [-0.2, -0.15) is 0 Å². The van der Waals surface area contributed by atoms with Crippen LogP contribution in [-0.2, 0) is 4.74 Å². The smallest absolute Gasteiger partial charge is 0.124 e. The first kappa shape index (κ1) is 15.1. The Morgan fingerprint density at radius 1 is 1.35 bits per heavy atom. The van der Waals surface area contributed by atoms with Crippen molar-refractivity contribution >= 4 is 0 Å². The molecule has 1 saturated heterocycles. The van der Waals surface area contributed by atoms with E-state index < -0.39 is 6.10 Å². The van der Waals surface area contributed by atoms with E-state index in [0.29, 0.717) is 18.0 Å². The third-order valence-electron chi connectivity index (χ3n) is 3.59. The van der Waals surface area contributed by atoms with Crippen molar-refractivity contribution in [2.45, 2.75) is 13.0 Å². The summed E-state index contributed by atoms with van der Waals surface area (Å²) in [5.41, 5.74) is 0.924. The summed E-state index contributed by atoms with van der Waals surface area (Å²) in [6, 6.07) is 5.42. The van der Waals surface area contributed by atoms with Crippen molar-refractivity contribution in [3.8, 4) is 11.5 Å². The Kier molecular flexibility index (Phi) is 4.86. The number of benzene rings is 1. The molecule has 0 saturated carbocycles. The first-order valence-electron chi connectivity index (χ1n) is 6.76. The lowest BCUT2D eigenvalue weighted by atomic mass is 9.88. The largest absolute Gasteiger partial charge is 0.497 e. The van der Waals surface area contributed by atoms with Gasteiger partial charge in [-0.3, -0.25) is 0 Å². The first-order chi connectivity index (χ1) is 9.58. The average Bonchev–Trinajstić information content (AvgIpc) is 2.44. The number of aliphatic hydroxyl groups is 1. The zero-order valence-corrected chi connectivity index (χ0v) is 12.3. The number of hydrogen-bond acceptors (Lipinski definition) is 5. The zero-order valence-electron chi connectivity index (χ0n) is 12.3. The molecule has 1 aromatic carbocycles. The molecular weight excluding hydrogens is 258 g/mol. The molecule has 1 unspecified atom stereocenters. The number of hydrogen-bond donors (Lipinski definition) is 2. The second-order valence-corrected chi connectivity index (χ2v) is 5.56. The van der Waals surface area contributed by atoms with Crippen molar-refractivity contribution in [2.75, 3.05) is 40.5 Å². The fraction of sp³-hybridized carbons (Fsp3) is 0.600. The highest BCUT2D eigenvalue weighted by molar-refractivity contribution is 5.41. The monoisotopic (exact) mass is 281 g/mol. The molecule has 20 heavy (non-hydrogen) atoms. The van der Waals surface area contributed by atoms with Crippen LogP contribution in [0.4, 0.5) is 0 Å². The molecule has 0 aliphatic carbocycles. The van der Waals surface area contributed by atoms with Gasteiger partial charge in [0, 0.05) is 24.1 Å². The summed E-state index contributed by atoms with van der Waals surface area (Å²) >= 11 is 0. The van der Waals surface area contributed by atoms with E-state index in [1.807, 2.05) is 6.07 Å². The minimum Gasteiger partial charge on any atom is -0.497 e. The summed E-state index contributed by atoms with van der Waals surface area (Å²) < 4.78 is 15.7. The molecule has 1 aliphatic rings.